The number of anilines is 1. The summed E-state index contributed by atoms with van der Waals surface area (Å²) in [6, 6.07) is 13.1. The molecule has 6 nitrogen and oxygen atoms in total. The molecule has 4 aromatic rings. The first-order valence-electron chi connectivity index (χ1n) is 11.0. The highest BCUT2D eigenvalue weighted by Gasteiger charge is 2.49. The molecule has 0 unspecified atom stereocenters. The minimum atomic E-state index is 0.262. The summed E-state index contributed by atoms with van der Waals surface area (Å²) >= 11 is 0. The van der Waals surface area contributed by atoms with E-state index >= 15 is 0 Å². The van der Waals surface area contributed by atoms with Crippen molar-refractivity contribution < 1.29 is 0 Å². The average molecular weight is 411 g/mol. The van der Waals surface area contributed by atoms with Crippen LogP contribution in [0.2, 0.25) is 0 Å². The van der Waals surface area contributed by atoms with Crippen molar-refractivity contribution in [3.8, 4) is 11.3 Å². The summed E-state index contributed by atoms with van der Waals surface area (Å²) < 4.78 is 2.04. The molecular weight excluding hydrogens is 384 g/mol. The fourth-order valence-corrected chi connectivity index (χ4v) is 4.98. The lowest BCUT2D eigenvalue weighted by molar-refractivity contribution is 0.165. The molecule has 6 heteroatoms. The molecule has 1 saturated heterocycles. The molecule has 3 aromatic heterocycles. The van der Waals surface area contributed by atoms with Crippen LogP contribution in [-0.2, 0) is 5.54 Å². The first kappa shape index (κ1) is 18.5. The summed E-state index contributed by atoms with van der Waals surface area (Å²) in [5.41, 5.74) is 5.85. The lowest BCUT2D eigenvalue weighted by Gasteiger charge is -2.40. The van der Waals surface area contributed by atoms with Crippen molar-refractivity contribution in [3.63, 3.8) is 0 Å². The maximum atomic E-state index is 4.99. The molecule has 4 heterocycles. The van der Waals surface area contributed by atoms with Gasteiger partial charge in [-0.15, -0.1) is 0 Å². The van der Waals surface area contributed by atoms with Crippen LogP contribution >= 0.6 is 0 Å². The Bertz CT molecular complexity index is 1220. The largest absolute Gasteiger partial charge is 0.353 e. The second kappa shape index (κ2) is 7.17. The van der Waals surface area contributed by atoms with Gasteiger partial charge in [0.05, 0.1) is 18.1 Å². The highest BCUT2D eigenvalue weighted by Crippen LogP contribution is 2.51. The van der Waals surface area contributed by atoms with Crippen LogP contribution in [0.4, 0.5) is 5.82 Å². The van der Waals surface area contributed by atoms with E-state index in [1.807, 2.05) is 29.2 Å². The van der Waals surface area contributed by atoms with Gasteiger partial charge < -0.3 is 9.30 Å². The maximum absolute atomic E-state index is 4.99. The number of aryl methyl sites for hydroxylation is 1. The molecule has 0 radical (unpaired) electrons. The van der Waals surface area contributed by atoms with Crippen LogP contribution in [0.5, 0.6) is 0 Å². The number of rotatable bonds is 4. The molecule has 0 atom stereocenters. The van der Waals surface area contributed by atoms with E-state index in [0.717, 1.165) is 54.5 Å². The second-order valence-corrected chi connectivity index (χ2v) is 8.70. The molecule has 0 bridgehead atoms. The topological polar surface area (TPSA) is 49.6 Å². The molecule has 1 aliphatic heterocycles. The summed E-state index contributed by atoms with van der Waals surface area (Å²) in [6.07, 6.45) is 12.2. The molecule has 0 spiro atoms. The smallest absolute Gasteiger partial charge is 0.147 e. The van der Waals surface area contributed by atoms with E-state index in [1.54, 1.807) is 0 Å². The van der Waals surface area contributed by atoms with Gasteiger partial charge in [0.1, 0.15) is 11.5 Å². The molecule has 1 saturated carbocycles. The molecular formula is C25H26N6. The summed E-state index contributed by atoms with van der Waals surface area (Å²) in [7, 11) is 0. The van der Waals surface area contributed by atoms with Crippen LogP contribution in [0.15, 0.2) is 67.4 Å². The molecule has 1 aliphatic carbocycles. The number of nitrogens with zero attached hydrogens (tertiary/aromatic N) is 6. The predicted molar refractivity (Wildman–Crippen MR) is 122 cm³/mol. The average Bonchev–Trinajstić information content (AvgIpc) is 3.52. The molecule has 0 N–H and O–H groups in total. The highest BCUT2D eigenvalue weighted by molar-refractivity contribution is 5.66. The van der Waals surface area contributed by atoms with Gasteiger partial charge in [0.25, 0.3) is 0 Å². The third kappa shape index (κ3) is 3.18. The predicted octanol–water partition coefficient (Wildman–Crippen LogP) is 3.91. The van der Waals surface area contributed by atoms with E-state index in [2.05, 4.69) is 69.3 Å². The van der Waals surface area contributed by atoms with E-state index in [0.29, 0.717) is 0 Å². The molecule has 1 aromatic carbocycles. The number of piperazine rings is 1. The second-order valence-electron chi connectivity index (χ2n) is 8.70. The number of hydrogen-bond donors (Lipinski definition) is 0. The lowest BCUT2D eigenvalue weighted by atomic mass is 10.0. The number of aromatic nitrogens is 4. The van der Waals surface area contributed by atoms with Gasteiger partial charge in [0.2, 0.25) is 0 Å². The van der Waals surface area contributed by atoms with Crippen LogP contribution in [0.1, 0.15) is 24.0 Å². The summed E-state index contributed by atoms with van der Waals surface area (Å²) in [6.45, 7) is 6.18. The zero-order chi connectivity index (χ0) is 20.8. The number of imidazole rings is 1. The number of pyridine rings is 1. The van der Waals surface area contributed by atoms with E-state index in [4.69, 9.17) is 4.98 Å². The third-order valence-electron chi connectivity index (χ3n) is 6.88. The number of benzene rings is 1. The van der Waals surface area contributed by atoms with E-state index in [-0.39, 0.29) is 5.54 Å². The van der Waals surface area contributed by atoms with Crippen LogP contribution < -0.4 is 4.90 Å². The molecule has 31 heavy (non-hydrogen) atoms. The zero-order valence-corrected chi connectivity index (χ0v) is 17.8. The standard InChI is InChI=1S/C25H26N6/c1-19-15-23-27-9-10-30(23)18-21(19)22-16-26-17-24(28-22)29-11-13-31(14-12-29)25(7-8-25)20-5-3-2-4-6-20/h2-6,9-10,15-18H,7-8,11-14H2,1H3. The van der Waals surface area contributed by atoms with Gasteiger partial charge in [0, 0.05) is 55.9 Å². The summed E-state index contributed by atoms with van der Waals surface area (Å²) in [5.74, 6) is 0.965. The lowest BCUT2D eigenvalue weighted by Crippen LogP contribution is -2.50. The fraction of sp³-hybridized carbons (Fsp3) is 0.320. The molecule has 156 valence electrons. The number of fused-ring (bicyclic) bond motifs is 1. The van der Waals surface area contributed by atoms with Gasteiger partial charge in [-0.1, -0.05) is 30.3 Å². The van der Waals surface area contributed by atoms with Gasteiger partial charge in [-0.25, -0.2) is 9.97 Å². The van der Waals surface area contributed by atoms with Crippen molar-refractivity contribution in [2.45, 2.75) is 25.3 Å². The van der Waals surface area contributed by atoms with E-state index < -0.39 is 0 Å². The molecule has 2 fully saturated rings. The Kier molecular flexibility index (Phi) is 4.28. The molecule has 6 rings (SSSR count). The van der Waals surface area contributed by atoms with Crippen molar-refractivity contribution in [2.75, 3.05) is 31.1 Å². The highest BCUT2D eigenvalue weighted by atomic mass is 15.3. The SMILES string of the molecule is Cc1cc2nccn2cc1-c1cncc(N2CCN(C3(c4ccccc4)CC3)CC2)n1. The monoisotopic (exact) mass is 410 g/mol. The molecule has 0 amide bonds. The van der Waals surface area contributed by atoms with Crippen molar-refractivity contribution in [1.29, 1.82) is 0 Å². The van der Waals surface area contributed by atoms with Crippen molar-refractivity contribution in [3.05, 3.63) is 78.5 Å². The first-order valence-corrected chi connectivity index (χ1v) is 11.0. The van der Waals surface area contributed by atoms with Gasteiger partial charge in [-0.2, -0.15) is 0 Å². The van der Waals surface area contributed by atoms with E-state index in [9.17, 15) is 0 Å². The Morgan fingerprint density at radius 1 is 0.968 bits per heavy atom. The van der Waals surface area contributed by atoms with Crippen LogP contribution in [0.3, 0.4) is 0 Å². The van der Waals surface area contributed by atoms with Gasteiger partial charge in [-0.05, 0) is 37.0 Å². The Morgan fingerprint density at radius 2 is 1.77 bits per heavy atom. The van der Waals surface area contributed by atoms with Crippen LogP contribution in [0, 0.1) is 6.92 Å². The quantitative estimate of drug-likeness (QED) is 0.511. The summed E-state index contributed by atoms with van der Waals surface area (Å²) in [4.78, 5) is 18.9. The zero-order valence-electron chi connectivity index (χ0n) is 17.8. The number of hydrogen-bond acceptors (Lipinski definition) is 5. The van der Waals surface area contributed by atoms with Gasteiger partial charge in [0.15, 0.2) is 0 Å². The molecule has 2 aliphatic rings. The van der Waals surface area contributed by atoms with Crippen molar-refractivity contribution in [1.82, 2.24) is 24.3 Å². The van der Waals surface area contributed by atoms with Crippen LogP contribution in [0.25, 0.3) is 16.9 Å². The van der Waals surface area contributed by atoms with Crippen molar-refractivity contribution in [2.24, 2.45) is 0 Å². The Morgan fingerprint density at radius 3 is 2.55 bits per heavy atom. The van der Waals surface area contributed by atoms with E-state index in [1.165, 1.54) is 18.4 Å². The normalized spacial score (nSPS) is 18.4. The van der Waals surface area contributed by atoms with Gasteiger partial charge in [-0.3, -0.25) is 9.88 Å². The Labute approximate surface area is 182 Å². The third-order valence-corrected chi connectivity index (χ3v) is 6.88. The minimum Gasteiger partial charge on any atom is -0.353 e. The van der Waals surface area contributed by atoms with Crippen LogP contribution in [-0.4, -0.2) is 50.4 Å². The Hall–Kier alpha value is -3.25. The minimum absolute atomic E-state index is 0.262. The Balaban J connectivity index is 1.22. The van der Waals surface area contributed by atoms with Gasteiger partial charge >= 0.3 is 0 Å². The maximum Gasteiger partial charge on any atom is 0.147 e. The first-order chi connectivity index (χ1) is 15.2. The summed E-state index contributed by atoms with van der Waals surface area (Å²) in [5, 5.41) is 0. The fourth-order valence-electron chi connectivity index (χ4n) is 4.98. The van der Waals surface area contributed by atoms with Crippen molar-refractivity contribution >= 4 is 11.5 Å².